The highest BCUT2D eigenvalue weighted by molar-refractivity contribution is 7.10. The Bertz CT molecular complexity index is 770. The Hall–Kier alpha value is -2.47. The summed E-state index contributed by atoms with van der Waals surface area (Å²) in [5.74, 6) is -0.638. The Kier molecular flexibility index (Phi) is 7.09. The molecule has 1 aromatic carbocycles. The average molecular weight is 374 g/mol. The van der Waals surface area contributed by atoms with E-state index in [9.17, 15) is 14.0 Å². The van der Waals surface area contributed by atoms with Crippen LogP contribution in [0.1, 0.15) is 22.9 Å². The SMILES string of the molecule is C=CCN(CC(=O)N(Cc1ccc(F)cc1)Cc1sccc1C)C(C)=O. The van der Waals surface area contributed by atoms with E-state index in [1.54, 1.807) is 34.4 Å². The van der Waals surface area contributed by atoms with Crippen molar-refractivity contribution in [3.63, 3.8) is 0 Å². The second-order valence-corrected chi connectivity index (χ2v) is 7.09. The average Bonchev–Trinajstić information content (AvgIpc) is 3.00. The summed E-state index contributed by atoms with van der Waals surface area (Å²) in [5, 5.41) is 1.99. The molecule has 0 saturated carbocycles. The van der Waals surface area contributed by atoms with Crippen molar-refractivity contribution in [2.75, 3.05) is 13.1 Å². The second kappa shape index (κ2) is 9.29. The maximum Gasteiger partial charge on any atom is 0.242 e. The summed E-state index contributed by atoms with van der Waals surface area (Å²) < 4.78 is 13.2. The van der Waals surface area contributed by atoms with Gasteiger partial charge in [0.05, 0.1) is 6.54 Å². The maximum atomic E-state index is 13.2. The molecule has 138 valence electrons. The zero-order valence-corrected chi connectivity index (χ0v) is 15.9. The van der Waals surface area contributed by atoms with Gasteiger partial charge in [0, 0.05) is 24.9 Å². The van der Waals surface area contributed by atoms with Crippen LogP contribution in [0.4, 0.5) is 4.39 Å². The van der Waals surface area contributed by atoms with Crippen LogP contribution in [0.25, 0.3) is 0 Å². The lowest BCUT2D eigenvalue weighted by Gasteiger charge is -2.26. The minimum absolute atomic E-state index is 0.00697. The molecule has 4 nitrogen and oxygen atoms in total. The fourth-order valence-corrected chi connectivity index (χ4v) is 3.43. The lowest BCUT2D eigenvalue weighted by atomic mass is 10.2. The molecule has 0 atom stereocenters. The van der Waals surface area contributed by atoms with E-state index in [0.717, 1.165) is 16.0 Å². The van der Waals surface area contributed by atoms with Gasteiger partial charge < -0.3 is 9.80 Å². The number of hydrogen-bond acceptors (Lipinski definition) is 3. The Labute approximate surface area is 157 Å². The smallest absolute Gasteiger partial charge is 0.242 e. The number of rotatable bonds is 8. The molecule has 2 aromatic rings. The predicted molar refractivity (Wildman–Crippen MR) is 102 cm³/mol. The molecule has 0 N–H and O–H groups in total. The van der Waals surface area contributed by atoms with Crippen LogP contribution < -0.4 is 0 Å². The van der Waals surface area contributed by atoms with E-state index in [0.29, 0.717) is 19.6 Å². The first-order valence-electron chi connectivity index (χ1n) is 8.32. The van der Waals surface area contributed by atoms with E-state index < -0.39 is 0 Å². The molecule has 0 saturated heterocycles. The van der Waals surface area contributed by atoms with Crippen molar-refractivity contribution in [1.29, 1.82) is 0 Å². The first kappa shape index (κ1) is 19.8. The highest BCUT2D eigenvalue weighted by Gasteiger charge is 2.20. The van der Waals surface area contributed by atoms with Crippen molar-refractivity contribution >= 4 is 23.2 Å². The van der Waals surface area contributed by atoms with Crippen LogP contribution in [0, 0.1) is 12.7 Å². The van der Waals surface area contributed by atoms with E-state index >= 15 is 0 Å². The first-order chi connectivity index (χ1) is 12.4. The molecule has 0 bridgehead atoms. The number of benzene rings is 1. The van der Waals surface area contributed by atoms with Crippen LogP contribution in [0.5, 0.6) is 0 Å². The Morgan fingerprint density at radius 1 is 1.15 bits per heavy atom. The molecule has 0 radical (unpaired) electrons. The third-order valence-corrected chi connectivity index (χ3v) is 5.07. The molecule has 0 aliphatic heterocycles. The number of halogens is 1. The molecule has 0 spiro atoms. The van der Waals surface area contributed by atoms with Crippen molar-refractivity contribution in [3.8, 4) is 0 Å². The van der Waals surface area contributed by atoms with E-state index in [-0.39, 0.29) is 24.2 Å². The van der Waals surface area contributed by atoms with Crippen LogP contribution in [-0.2, 0) is 22.7 Å². The highest BCUT2D eigenvalue weighted by atomic mass is 32.1. The largest absolute Gasteiger partial charge is 0.332 e. The monoisotopic (exact) mass is 374 g/mol. The fraction of sp³-hybridized carbons (Fsp3) is 0.300. The molecule has 1 aromatic heterocycles. The van der Waals surface area contributed by atoms with Gasteiger partial charge in [-0.3, -0.25) is 9.59 Å². The van der Waals surface area contributed by atoms with Gasteiger partial charge in [-0.05, 0) is 41.6 Å². The van der Waals surface area contributed by atoms with E-state index in [1.807, 2.05) is 18.4 Å². The summed E-state index contributed by atoms with van der Waals surface area (Å²) in [4.78, 5) is 28.8. The summed E-state index contributed by atoms with van der Waals surface area (Å²) in [5.41, 5.74) is 1.97. The zero-order chi connectivity index (χ0) is 19.1. The molecule has 6 heteroatoms. The number of nitrogens with zero attached hydrogens (tertiary/aromatic N) is 2. The van der Waals surface area contributed by atoms with Crippen LogP contribution in [0.15, 0.2) is 48.4 Å². The van der Waals surface area contributed by atoms with Gasteiger partial charge in [0.15, 0.2) is 0 Å². The minimum atomic E-state index is -0.311. The minimum Gasteiger partial charge on any atom is -0.332 e. The molecule has 0 fully saturated rings. The van der Waals surface area contributed by atoms with Gasteiger partial charge in [-0.2, -0.15) is 0 Å². The Balaban J connectivity index is 2.19. The molecule has 0 aliphatic rings. The maximum absolute atomic E-state index is 13.2. The van der Waals surface area contributed by atoms with Gasteiger partial charge in [0.2, 0.25) is 11.8 Å². The van der Waals surface area contributed by atoms with Crippen LogP contribution in [0.3, 0.4) is 0 Å². The summed E-state index contributed by atoms with van der Waals surface area (Å²) in [6.07, 6.45) is 1.60. The summed E-state index contributed by atoms with van der Waals surface area (Å²) >= 11 is 1.59. The Morgan fingerprint density at radius 3 is 2.38 bits per heavy atom. The number of carbonyl (C=O) groups is 2. The summed E-state index contributed by atoms with van der Waals surface area (Å²) in [7, 11) is 0. The molecule has 0 unspecified atom stereocenters. The molecule has 2 amide bonds. The number of hydrogen-bond donors (Lipinski definition) is 0. The van der Waals surface area contributed by atoms with Gasteiger partial charge in [-0.15, -0.1) is 17.9 Å². The van der Waals surface area contributed by atoms with Crippen LogP contribution in [0.2, 0.25) is 0 Å². The topological polar surface area (TPSA) is 40.6 Å². The van der Waals surface area contributed by atoms with Gasteiger partial charge >= 0.3 is 0 Å². The van der Waals surface area contributed by atoms with Gasteiger partial charge in [-0.25, -0.2) is 4.39 Å². The van der Waals surface area contributed by atoms with Gasteiger partial charge in [0.25, 0.3) is 0 Å². The quantitative estimate of drug-likeness (QED) is 0.660. The third kappa shape index (κ3) is 5.52. The number of thiophene rings is 1. The Morgan fingerprint density at radius 2 is 1.85 bits per heavy atom. The number of aryl methyl sites for hydroxylation is 1. The van der Waals surface area contributed by atoms with Crippen LogP contribution in [-0.4, -0.2) is 34.7 Å². The molecular weight excluding hydrogens is 351 g/mol. The molecule has 2 rings (SSSR count). The number of carbonyl (C=O) groups excluding carboxylic acids is 2. The first-order valence-corrected chi connectivity index (χ1v) is 9.20. The predicted octanol–water partition coefficient (Wildman–Crippen LogP) is 3.76. The van der Waals surface area contributed by atoms with Gasteiger partial charge in [-0.1, -0.05) is 18.2 Å². The molecule has 26 heavy (non-hydrogen) atoms. The van der Waals surface area contributed by atoms with Crippen molar-refractivity contribution in [1.82, 2.24) is 9.80 Å². The molecular formula is C20H23FN2O2S. The standard InChI is InChI=1S/C20H23FN2O2S/c1-4-10-22(16(3)24)14-20(25)23(13-19-15(2)9-11-26-19)12-17-5-7-18(21)8-6-17/h4-9,11H,1,10,12-14H2,2-3H3. The fourth-order valence-electron chi connectivity index (χ4n) is 2.51. The third-order valence-electron chi connectivity index (χ3n) is 4.06. The number of amides is 2. The lowest BCUT2D eigenvalue weighted by molar-refractivity contribution is -0.139. The normalized spacial score (nSPS) is 10.4. The van der Waals surface area contributed by atoms with Crippen molar-refractivity contribution in [3.05, 3.63) is 70.2 Å². The lowest BCUT2D eigenvalue weighted by Crippen LogP contribution is -2.41. The molecule has 1 heterocycles. The van der Waals surface area contributed by atoms with Crippen molar-refractivity contribution in [2.24, 2.45) is 0 Å². The van der Waals surface area contributed by atoms with Crippen molar-refractivity contribution < 1.29 is 14.0 Å². The zero-order valence-electron chi connectivity index (χ0n) is 15.1. The van der Waals surface area contributed by atoms with Gasteiger partial charge in [0.1, 0.15) is 12.4 Å². The highest BCUT2D eigenvalue weighted by Crippen LogP contribution is 2.20. The second-order valence-electron chi connectivity index (χ2n) is 6.09. The van der Waals surface area contributed by atoms with E-state index in [4.69, 9.17) is 0 Å². The van der Waals surface area contributed by atoms with E-state index in [2.05, 4.69) is 6.58 Å². The molecule has 0 aliphatic carbocycles. The van der Waals surface area contributed by atoms with Crippen molar-refractivity contribution in [2.45, 2.75) is 26.9 Å². The summed E-state index contributed by atoms with van der Waals surface area (Å²) in [6.45, 7) is 8.20. The van der Waals surface area contributed by atoms with E-state index in [1.165, 1.54) is 24.0 Å². The van der Waals surface area contributed by atoms with Crippen LogP contribution >= 0.6 is 11.3 Å². The summed E-state index contributed by atoms with van der Waals surface area (Å²) in [6, 6.07) is 8.12.